The van der Waals surface area contributed by atoms with E-state index in [0.29, 0.717) is 12.2 Å². The highest BCUT2D eigenvalue weighted by Crippen LogP contribution is 2.23. The number of hydrogen-bond donors (Lipinski definition) is 1. The van der Waals surface area contributed by atoms with E-state index in [9.17, 15) is 4.79 Å². The van der Waals surface area contributed by atoms with Crippen molar-refractivity contribution < 1.29 is 4.79 Å². The molecule has 0 fully saturated rings. The van der Waals surface area contributed by atoms with Crippen LogP contribution in [0.3, 0.4) is 0 Å². The van der Waals surface area contributed by atoms with E-state index in [4.69, 9.17) is 5.10 Å². The Morgan fingerprint density at radius 3 is 2.48 bits per heavy atom. The lowest BCUT2D eigenvalue weighted by molar-refractivity contribution is 0.0948. The van der Waals surface area contributed by atoms with E-state index in [1.165, 1.54) is 0 Å². The van der Waals surface area contributed by atoms with Crippen LogP contribution in [0.4, 0.5) is 0 Å². The number of pyridine rings is 2. The van der Waals surface area contributed by atoms with E-state index in [0.717, 1.165) is 33.3 Å². The highest BCUT2D eigenvalue weighted by Gasteiger charge is 2.16. The minimum atomic E-state index is -0.218. The van der Waals surface area contributed by atoms with E-state index in [1.54, 1.807) is 18.6 Å². The van der Waals surface area contributed by atoms with Crippen molar-refractivity contribution in [3.63, 3.8) is 0 Å². The molecule has 150 valence electrons. The first-order valence-corrected chi connectivity index (χ1v) is 9.96. The molecule has 0 aliphatic heterocycles. The Morgan fingerprint density at radius 2 is 1.65 bits per heavy atom. The molecule has 1 N–H and O–H groups in total. The molecule has 0 spiro atoms. The zero-order valence-electron chi connectivity index (χ0n) is 16.6. The van der Waals surface area contributed by atoms with Gasteiger partial charge in [0.1, 0.15) is 5.69 Å². The lowest BCUT2D eigenvalue weighted by Crippen LogP contribution is -2.24. The molecular weight excluding hydrogens is 386 g/mol. The second-order valence-electron chi connectivity index (χ2n) is 7.08. The average molecular weight is 405 g/mol. The normalized spacial score (nSPS) is 10.8. The minimum Gasteiger partial charge on any atom is -0.346 e. The van der Waals surface area contributed by atoms with Crippen LogP contribution >= 0.6 is 0 Å². The number of hydrogen-bond acceptors (Lipinski definition) is 4. The number of nitrogens with zero attached hydrogens (tertiary/aromatic N) is 4. The first-order valence-electron chi connectivity index (χ1n) is 9.96. The summed E-state index contributed by atoms with van der Waals surface area (Å²) in [5.41, 5.74) is 4.02. The molecule has 0 unspecified atom stereocenters. The molecule has 2 aromatic carbocycles. The molecule has 1 amide bonds. The molecule has 6 heteroatoms. The summed E-state index contributed by atoms with van der Waals surface area (Å²) in [4.78, 5) is 21.4. The molecular formula is C25H19N5O. The molecule has 0 atom stereocenters. The number of para-hydroxylation sites is 1. The molecule has 0 aliphatic rings. The van der Waals surface area contributed by atoms with Gasteiger partial charge in [0.2, 0.25) is 0 Å². The number of amides is 1. The second-order valence-corrected chi connectivity index (χ2v) is 7.08. The Morgan fingerprint density at radius 1 is 0.871 bits per heavy atom. The third kappa shape index (κ3) is 3.79. The molecule has 0 saturated carbocycles. The van der Waals surface area contributed by atoms with Gasteiger partial charge in [0.15, 0.2) is 0 Å². The van der Waals surface area contributed by atoms with Crippen LogP contribution in [-0.2, 0) is 6.54 Å². The maximum absolute atomic E-state index is 12.9. The minimum absolute atomic E-state index is 0.218. The van der Waals surface area contributed by atoms with Crippen LogP contribution in [0.25, 0.3) is 27.7 Å². The Hall–Kier alpha value is -4.32. The van der Waals surface area contributed by atoms with Crippen LogP contribution in [0.2, 0.25) is 0 Å². The van der Waals surface area contributed by atoms with E-state index < -0.39 is 0 Å². The fourth-order valence-corrected chi connectivity index (χ4v) is 3.56. The van der Waals surface area contributed by atoms with Crippen molar-refractivity contribution in [2.24, 2.45) is 0 Å². The number of carbonyl (C=O) groups excluding carboxylic acids is 1. The predicted molar refractivity (Wildman–Crippen MR) is 120 cm³/mol. The number of aromatic nitrogens is 4. The molecule has 0 saturated heterocycles. The van der Waals surface area contributed by atoms with Crippen LogP contribution in [0.5, 0.6) is 0 Å². The summed E-state index contributed by atoms with van der Waals surface area (Å²) in [6.45, 7) is 0.328. The first kappa shape index (κ1) is 18.7. The lowest BCUT2D eigenvalue weighted by Gasteiger charge is -2.07. The Balaban J connectivity index is 1.47. The van der Waals surface area contributed by atoms with Gasteiger partial charge in [-0.1, -0.05) is 42.5 Å². The van der Waals surface area contributed by atoms with Crippen molar-refractivity contribution in [3.05, 3.63) is 109 Å². The maximum Gasteiger partial charge on any atom is 0.270 e. The summed E-state index contributed by atoms with van der Waals surface area (Å²) in [5.74, 6) is -0.218. The molecule has 3 aromatic heterocycles. The molecule has 0 radical (unpaired) electrons. The average Bonchev–Trinajstić information content (AvgIpc) is 3.27. The Labute approximate surface area is 179 Å². The summed E-state index contributed by atoms with van der Waals surface area (Å²) in [6, 6.07) is 23.4. The van der Waals surface area contributed by atoms with Gasteiger partial charge >= 0.3 is 0 Å². The van der Waals surface area contributed by atoms with Crippen LogP contribution in [-0.4, -0.2) is 25.7 Å². The van der Waals surface area contributed by atoms with Gasteiger partial charge in [-0.05, 0) is 35.7 Å². The van der Waals surface area contributed by atoms with Crippen molar-refractivity contribution in [2.75, 3.05) is 0 Å². The molecule has 5 aromatic rings. The van der Waals surface area contributed by atoms with Gasteiger partial charge in [0.25, 0.3) is 5.91 Å². The lowest BCUT2D eigenvalue weighted by atomic mass is 10.1. The molecule has 5 rings (SSSR count). The molecule has 6 nitrogen and oxygen atoms in total. The van der Waals surface area contributed by atoms with Crippen LogP contribution in [0, 0.1) is 0 Å². The van der Waals surface area contributed by atoms with E-state index in [1.807, 2.05) is 83.7 Å². The fourth-order valence-electron chi connectivity index (χ4n) is 3.56. The molecule has 3 heterocycles. The quantitative estimate of drug-likeness (QED) is 0.470. The van der Waals surface area contributed by atoms with Gasteiger partial charge in [0, 0.05) is 47.8 Å². The van der Waals surface area contributed by atoms with Crippen molar-refractivity contribution in [1.82, 2.24) is 25.1 Å². The van der Waals surface area contributed by atoms with Gasteiger partial charge in [0.05, 0.1) is 11.4 Å². The maximum atomic E-state index is 12.9. The number of rotatable bonds is 5. The predicted octanol–water partition coefficient (Wildman–Crippen LogP) is 4.41. The summed E-state index contributed by atoms with van der Waals surface area (Å²) in [6.07, 6.45) is 7.08. The number of carbonyl (C=O) groups is 1. The number of fused-ring (bicyclic) bond motifs is 1. The monoisotopic (exact) mass is 405 g/mol. The second kappa shape index (κ2) is 8.20. The Kier molecular flexibility index (Phi) is 4.94. The molecule has 0 bridgehead atoms. The number of benzene rings is 2. The van der Waals surface area contributed by atoms with Gasteiger partial charge in [-0.3, -0.25) is 14.8 Å². The van der Waals surface area contributed by atoms with Gasteiger partial charge < -0.3 is 5.32 Å². The third-order valence-electron chi connectivity index (χ3n) is 5.09. The summed E-state index contributed by atoms with van der Waals surface area (Å²) < 4.78 is 1.83. The third-order valence-corrected chi connectivity index (χ3v) is 5.09. The summed E-state index contributed by atoms with van der Waals surface area (Å²) in [7, 11) is 0. The molecule has 0 aliphatic carbocycles. The standard InChI is InChI=1S/C25H19N5O/c31-25(24-22-9-5-4-6-18(22)12-15-27-24)28-16-20-17-30(21-7-2-1-3-8-21)29-23(20)19-10-13-26-14-11-19/h1-15,17H,16H2,(H,28,31). The van der Waals surface area contributed by atoms with Crippen molar-refractivity contribution in [1.29, 1.82) is 0 Å². The smallest absolute Gasteiger partial charge is 0.270 e. The SMILES string of the molecule is O=C(NCc1cn(-c2ccccc2)nc1-c1ccncc1)c1nccc2ccccc12. The zero-order valence-corrected chi connectivity index (χ0v) is 16.6. The van der Waals surface area contributed by atoms with Crippen molar-refractivity contribution in [3.8, 4) is 16.9 Å². The number of nitrogens with one attached hydrogen (secondary N) is 1. The van der Waals surface area contributed by atoms with E-state index in [-0.39, 0.29) is 5.91 Å². The first-order chi connectivity index (χ1) is 15.3. The van der Waals surface area contributed by atoms with Crippen LogP contribution in [0.15, 0.2) is 97.6 Å². The topological polar surface area (TPSA) is 72.7 Å². The largest absolute Gasteiger partial charge is 0.346 e. The van der Waals surface area contributed by atoms with E-state index in [2.05, 4.69) is 15.3 Å². The van der Waals surface area contributed by atoms with Gasteiger partial charge in [-0.2, -0.15) is 5.10 Å². The fraction of sp³-hybridized carbons (Fsp3) is 0.0400. The van der Waals surface area contributed by atoms with Gasteiger partial charge in [-0.25, -0.2) is 4.68 Å². The van der Waals surface area contributed by atoms with Crippen LogP contribution < -0.4 is 5.32 Å². The Bertz CT molecular complexity index is 1340. The highest BCUT2D eigenvalue weighted by molar-refractivity contribution is 6.05. The summed E-state index contributed by atoms with van der Waals surface area (Å²) in [5, 5.41) is 9.60. The van der Waals surface area contributed by atoms with Crippen LogP contribution in [0.1, 0.15) is 16.1 Å². The molecule has 31 heavy (non-hydrogen) atoms. The highest BCUT2D eigenvalue weighted by atomic mass is 16.1. The zero-order chi connectivity index (χ0) is 21.0. The van der Waals surface area contributed by atoms with Gasteiger partial charge in [-0.15, -0.1) is 0 Å². The summed E-state index contributed by atoms with van der Waals surface area (Å²) >= 11 is 0. The van der Waals surface area contributed by atoms with Crippen molar-refractivity contribution >= 4 is 16.7 Å². The van der Waals surface area contributed by atoms with E-state index >= 15 is 0 Å². The van der Waals surface area contributed by atoms with Crippen molar-refractivity contribution in [2.45, 2.75) is 6.54 Å².